The van der Waals surface area contributed by atoms with Crippen LogP contribution in [0.15, 0.2) is 24.3 Å². The van der Waals surface area contributed by atoms with E-state index < -0.39 is 19.9 Å². The predicted octanol–water partition coefficient (Wildman–Crippen LogP) is 7.75. The summed E-state index contributed by atoms with van der Waals surface area (Å²) in [6, 6.07) is 0. The molecule has 1 N–H and O–H groups in total. The molecule has 1 unspecified atom stereocenters. The molecule has 0 spiro atoms. The third-order valence-corrected chi connectivity index (χ3v) is 7.01. The normalized spacial score (nSPS) is 26.8. The fourth-order valence-electron chi connectivity index (χ4n) is 4.01. The Labute approximate surface area is 212 Å². The number of esters is 1. The van der Waals surface area contributed by atoms with Crippen LogP contribution < -0.4 is 0 Å². The van der Waals surface area contributed by atoms with Gasteiger partial charge in [-0.05, 0) is 39.0 Å². The molecule has 1 aliphatic rings. The molecule has 200 valence electrons. The number of phosphoric acid groups is 1. The Balaban J connectivity index is 2.63. The van der Waals surface area contributed by atoms with Gasteiger partial charge < -0.3 is 9.63 Å². The van der Waals surface area contributed by atoms with Gasteiger partial charge in [-0.15, -0.1) is 0 Å². The molecule has 8 heteroatoms. The SMILES string of the molecule is C#[N+]CCOP(=O)(O)O[C@H]1CCCCCCCCCCCC/C=C\CC/C=C/C[C@@H](C)OC(=O)C1. The van der Waals surface area contributed by atoms with Crippen LogP contribution in [-0.4, -0.2) is 36.2 Å². The minimum Gasteiger partial charge on any atom is -0.462 e. The number of hydrogen-bond acceptors (Lipinski definition) is 5. The molecule has 0 radical (unpaired) electrons. The van der Waals surface area contributed by atoms with E-state index in [0.29, 0.717) is 12.8 Å². The van der Waals surface area contributed by atoms with Crippen LogP contribution in [0.4, 0.5) is 0 Å². The number of phosphoric ester groups is 1. The van der Waals surface area contributed by atoms with Gasteiger partial charge in [0.05, 0.1) is 12.5 Å². The number of hydrogen-bond donors (Lipinski definition) is 1. The third kappa shape index (κ3) is 19.4. The lowest BCUT2D eigenvalue weighted by Gasteiger charge is -2.21. The molecule has 3 atom stereocenters. The molecule has 7 nitrogen and oxygen atoms in total. The average Bonchev–Trinajstić information content (AvgIpc) is 2.79. The lowest BCUT2D eigenvalue weighted by atomic mass is 10.0. The molecule has 0 saturated heterocycles. The predicted molar refractivity (Wildman–Crippen MR) is 142 cm³/mol. The van der Waals surface area contributed by atoms with Crippen molar-refractivity contribution in [3.05, 3.63) is 29.1 Å². The molecule has 0 aromatic carbocycles. The molecule has 0 aromatic heterocycles. The third-order valence-electron chi connectivity index (χ3n) is 5.93. The smallest absolute Gasteiger partial charge is 0.462 e. The van der Waals surface area contributed by atoms with E-state index in [1.54, 1.807) is 0 Å². The summed E-state index contributed by atoms with van der Waals surface area (Å²) in [5.41, 5.74) is 0. The summed E-state index contributed by atoms with van der Waals surface area (Å²) >= 11 is 0. The van der Waals surface area contributed by atoms with Crippen molar-refractivity contribution < 1.29 is 28.0 Å². The van der Waals surface area contributed by atoms with Gasteiger partial charge in [0.2, 0.25) is 0 Å². The lowest BCUT2D eigenvalue weighted by Crippen LogP contribution is -2.22. The number of nitrogens with zero attached hydrogens (tertiary/aromatic N) is 1. The molecule has 0 aromatic rings. The zero-order chi connectivity index (χ0) is 25.6. The molecule has 0 aliphatic carbocycles. The second kappa shape index (κ2) is 20.7. The van der Waals surface area contributed by atoms with Crippen molar-refractivity contribution in [2.45, 2.75) is 122 Å². The van der Waals surface area contributed by atoms with Crippen LogP contribution in [0.25, 0.3) is 4.85 Å². The topological polar surface area (TPSA) is 86.4 Å². The largest absolute Gasteiger partial charge is 0.472 e. The number of carbonyl (C=O) groups is 1. The van der Waals surface area contributed by atoms with Crippen molar-refractivity contribution in [1.29, 1.82) is 0 Å². The Hall–Kier alpha value is -1.45. The summed E-state index contributed by atoms with van der Waals surface area (Å²) < 4.78 is 28.0. The molecule has 0 saturated carbocycles. The molecule has 1 heterocycles. The highest BCUT2D eigenvalue weighted by Gasteiger charge is 2.29. The van der Waals surface area contributed by atoms with Gasteiger partial charge in [-0.2, -0.15) is 0 Å². The molecular weight excluding hydrogens is 465 g/mol. The number of rotatable bonds is 5. The molecule has 0 fully saturated rings. The fraction of sp³-hybridized carbons (Fsp3) is 0.778. The number of allylic oxidation sites excluding steroid dienone is 3. The standard InChI is InChI=1S/C27H46NO6P/c1-25-20-18-16-14-12-10-8-6-4-3-5-7-9-11-13-15-17-19-21-26(24-27(29)33-25)34-35(30,31)32-23-22-28-2/h2,8,10,16,18,25-26H,3-7,9,11-15,17,19-24H2,1H3/p+1/b10-8-,18-16+/t25-,26+/m1/s1. The zero-order valence-corrected chi connectivity index (χ0v) is 22.5. The van der Waals surface area contributed by atoms with E-state index >= 15 is 0 Å². The van der Waals surface area contributed by atoms with Gasteiger partial charge in [-0.1, -0.05) is 86.9 Å². The maximum Gasteiger partial charge on any atom is 0.472 e. The minimum absolute atomic E-state index is 0.0853. The van der Waals surface area contributed by atoms with Crippen LogP contribution in [0.1, 0.15) is 110 Å². The highest BCUT2D eigenvalue weighted by Crippen LogP contribution is 2.45. The van der Waals surface area contributed by atoms with Gasteiger partial charge in [0.25, 0.3) is 13.1 Å². The number of carbonyl (C=O) groups excluding carboxylic acids is 1. The van der Waals surface area contributed by atoms with Gasteiger partial charge >= 0.3 is 13.8 Å². The molecule has 0 amide bonds. The maximum atomic E-state index is 12.5. The van der Waals surface area contributed by atoms with Crippen molar-refractivity contribution in [3.63, 3.8) is 0 Å². The zero-order valence-electron chi connectivity index (χ0n) is 21.7. The maximum absolute atomic E-state index is 12.5. The van der Waals surface area contributed by atoms with Gasteiger partial charge in [-0.3, -0.25) is 13.8 Å². The lowest BCUT2D eigenvalue weighted by molar-refractivity contribution is -0.150. The highest BCUT2D eigenvalue weighted by molar-refractivity contribution is 7.47. The van der Waals surface area contributed by atoms with Crippen LogP contribution >= 0.6 is 7.82 Å². The van der Waals surface area contributed by atoms with Crippen molar-refractivity contribution >= 4 is 13.8 Å². The Bertz CT molecular complexity index is 702. The minimum atomic E-state index is -4.31. The average molecular weight is 513 g/mol. The van der Waals surface area contributed by atoms with Crippen LogP contribution in [0.2, 0.25) is 0 Å². The first-order valence-corrected chi connectivity index (χ1v) is 14.9. The van der Waals surface area contributed by atoms with Crippen LogP contribution in [-0.2, 0) is 23.1 Å². The number of cyclic esters (lactones) is 1. The summed E-state index contributed by atoms with van der Waals surface area (Å²) in [5.74, 6) is -0.440. The summed E-state index contributed by atoms with van der Waals surface area (Å²) in [6.45, 7) is 6.85. The van der Waals surface area contributed by atoms with Gasteiger partial charge in [-0.25, -0.2) is 4.57 Å². The van der Waals surface area contributed by atoms with E-state index in [1.165, 1.54) is 51.4 Å². The van der Waals surface area contributed by atoms with E-state index in [-0.39, 0.29) is 25.7 Å². The molecular formula is C27H47NO6P+. The summed E-state index contributed by atoms with van der Waals surface area (Å²) in [6.07, 6.45) is 23.7. The summed E-state index contributed by atoms with van der Waals surface area (Å²) in [4.78, 5) is 25.9. The molecule has 1 rings (SSSR count). The first-order valence-electron chi connectivity index (χ1n) is 13.4. The van der Waals surface area contributed by atoms with Crippen molar-refractivity contribution in [2.24, 2.45) is 0 Å². The Morgan fingerprint density at radius 2 is 1.54 bits per heavy atom. The van der Waals surface area contributed by atoms with Crippen molar-refractivity contribution in [2.75, 3.05) is 13.2 Å². The number of ether oxygens (including phenoxy) is 1. The Kier molecular flexibility index (Phi) is 18.7. The van der Waals surface area contributed by atoms with E-state index in [2.05, 4.69) is 23.1 Å². The molecule has 35 heavy (non-hydrogen) atoms. The molecule has 1 aliphatic heterocycles. The van der Waals surface area contributed by atoms with Gasteiger partial charge in [0.15, 0.2) is 0 Å². The van der Waals surface area contributed by atoms with Crippen molar-refractivity contribution in [3.8, 4) is 6.57 Å². The van der Waals surface area contributed by atoms with E-state index in [4.69, 9.17) is 20.4 Å². The Morgan fingerprint density at radius 3 is 2.20 bits per heavy atom. The summed E-state index contributed by atoms with van der Waals surface area (Å²) in [5, 5.41) is 0. The van der Waals surface area contributed by atoms with Gasteiger partial charge in [0, 0.05) is 6.42 Å². The van der Waals surface area contributed by atoms with Crippen LogP contribution in [0.5, 0.6) is 0 Å². The Morgan fingerprint density at radius 1 is 0.971 bits per heavy atom. The van der Waals surface area contributed by atoms with Crippen molar-refractivity contribution in [1.82, 2.24) is 0 Å². The van der Waals surface area contributed by atoms with Crippen LogP contribution in [0, 0.1) is 6.57 Å². The summed E-state index contributed by atoms with van der Waals surface area (Å²) in [7, 11) is -4.31. The van der Waals surface area contributed by atoms with Crippen LogP contribution in [0.3, 0.4) is 0 Å². The highest BCUT2D eigenvalue weighted by atomic mass is 31.2. The van der Waals surface area contributed by atoms with E-state index in [1.807, 2.05) is 13.0 Å². The first kappa shape index (κ1) is 31.6. The monoisotopic (exact) mass is 512 g/mol. The molecule has 0 bridgehead atoms. The van der Waals surface area contributed by atoms with E-state index in [9.17, 15) is 14.3 Å². The fourth-order valence-corrected chi connectivity index (χ4v) is 4.94. The van der Waals surface area contributed by atoms with E-state index in [0.717, 1.165) is 32.1 Å². The second-order valence-electron chi connectivity index (χ2n) is 9.31. The first-order chi connectivity index (χ1) is 16.9. The quantitative estimate of drug-likeness (QED) is 0.175. The van der Waals surface area contributed by atoms with Gasteiger partial charge in [0.1, 0.15) is 12.7 Å². The second-order valence-corrected chi connectivity index (χ2v) is 10.7.